The highest BCUT2D eigenvalue weighted by Gasteiger charge is 2.38. The predicted molar refractivity (Wildman–Crippen MR) is 74.6 cm³/mol. The van der Waals surface area contributed by atoms with Crippen LogP contribution >= 0.6 is 11.6 Å². The van der Waals surface area contributed by atoms with Crippen LogP contribution in [0.4, 0.5) is 0 Å². The Morgan fingerprint density at radius 2 is 2.00 bits per heavy atom. The summed E-state index contributed by atoms with van der Waals surface area (Å²) in [7, 11) is -3.59. The van der Waals surface area contributed by atoms with Gasteiger partial charge in [-0.2, -0.15) is 13.5 Å². The molecule has 6 heteroatoms. The minimum absolute atomic E-state index is 0.168. The molecule has 0 bridgehead atoms. The van der Waals surface area contributed by atoms with Crippen molar-refractivity contribution in [1.82, 2.24) is 4.83 Å². The second-order valence-corrected chi connectivity index (χ2v) is 6.89. The molecule has 3 rings (SSSR count). The fraction of sp³-hybridized carbons (Fsp3) is 0.308. The van der Waals surface area contributed by atoms with Crippen molar-refractivity contribution < 1.29 is 8.42 Å². The molecule has 4 nitrogen and oxygen atoms in total. The second kappa shape index (κ2) is 4.65. The zero-order valence-electron chi connectivity index (χ0n) is 10.1. The van der Waals surface area contributed by atoms with Crippen molar-refractivity contribution in [2.75, 3.05) is 0 Å². The van der Waals surface area contributed by atoms with Crippen LogP contribution < -0.4 is 4.83 Å². The number of allylic oxidation sites excluding steroid dienone is 2. The van der Waals surface area contributed by atoms with E-state index in [1.807, 2.05) is 0 Å². The van der Waals surface area contributed by atoms with E-state index in [0.717, 1.165) is 18.6 Å². The van der Waals surface area contributed by atoms with E-state index in [0.29, 0.717) is 16.9 Å². The van der Waals surface area contributed by atoms with Crippen LogP contribution in [0.1, 0.15) is 12.8 Å². The van der Waals surface area contributed by atoms with E-state index >= 15 is 0 Å². The number of nitrogens with one attached hydrogen (secondary N) is 1. The summed E-state index contributed by atoms with van der Waals surface area (Å²) >= 11 is 5.73. The molecule has 2 atom stereocenters. The van der Waals surface area contributed by atoms with Gasteiger partial charge in [-0.3, -0.25) is 0 Å². The summed E-state index contributed by atoms with van der Waals surface area (Å²) in [6.07, 6.45) is 6.12. The first-order valence-corrected chi connectivity index (χ1v) is 7.93. The van der Waals surface area contributed by atoms with E-state index in [4.69, 9.17) is 11.6 Å². The van der Waals surface area contributed by atoms with Gasteiger partial charge in [0.25, 0.3) is 10.0 Å². The Labute approximate surface area is 117 Å². The first-order valence-electron chi connectivity index (χ1n) is 6.07. The van der Waals surface area contributed by atoms with Crippen LogP contribution in [0.2, 0.25) is 5.02 Å². The number of halogens is 1. The van der Waals surface area contributed by atoms with Gasteiger partial charge >= 0.3 is 0 Å². The number of hydrogen-bond donors (Lipinski definition) is 1. The standard InChI is InChI=1S/C13H13ClN2O2S/c14-10-4-6-11(7-5-10)19(17,18)16-15-13-8-9-2-1-3-12(9)13/h1-2,4-7,9,12,16H,3,8H2/b15-13+/t9-,12-/m1/s1. The number of sulfonamides is 1. The minimum Gasteiger partial charge on any atom is -0.200 e. The zero-order valence-corrected chi connectivity index (χ0v) is 11.7. The molecule has 1 saturated carbocycles. The molecule has 0 aliphatic heterocycles. The highest BCUT2D eigenvalue weighted by atomic mass is 35.5. The SMILES string of the molecule is O=S(=O)(N/N=C1\C[C@H]2C=CC[C@@H]12)c1ccc(Cl)cc1. The first kappa shape index (κ1) is 12.7. The fourth-order valence-electron chi connectivity index (χ4n) is 2.45. The van der Waals surface area contributed by atoms with Crippen molar-refractivity contribution in [3.05, 3.63) is 41.4 Å². The maximum Gasteiger partial charge on any atom is 0.276 e. The molecule has 100 valence electrons. The summed E-state index contributed by atoms with van der Waals surface area (Å²) in [5.74, 6) is 0.951. The van der Waals surface area contributed by atoms with Crippen LogP contribution in [0.25, 0.3) is 0 Å². The largest absolute Gasteiger partial charge is 0.276 e. The molecule has 0 aromatic heterocycles. The summed E-state index contributed by atoms with van der Waals surface area (Å²) in [4.78, 5) is 2.47. The van der Waals surface area contributed by atoms with Gasteiger partial charge in [0.2, 0.25) is 0 Å². The average Bonchev–Trinajstić information content (AvgIpc) is 2.72. The Hall–Kier alpha value is -1.33. The number of nitrogens with zero attached hydrogens (tertiary/aromatic N) is 1. The van der Waals surface area contributed by atoms with Gasteiger partial charge in [0.15, 0.2) is 0 Å². The number of fused-ring (bicyclic) bond motifs is 1. The van der Waals surface area contributed by atoms with Gasteiger partial charge in [-0.25, -0.2) is 4.83 Å². The number of benzene rings is 1. The molecule has 19 heavy (non-hydrogen) atoms. The van der Waals surface area contributed by atoms with E-state index in [1.54, 1.807) is 12.1 Å². The summed E-state index contributed by atoms with van der Waals surface area (Å²) in [6.45, 7) is 0. The van der Waals surface area contributed by atoms with Crippen LogP contribution in [0.5, 0.6) is 0 Å². The van der Waals surface area contributed by atoms with Crippen molar-refractivity contribution in [3.8, 4) is 0 Å². The Morgan fingerprint density at radius 3 is 2.68 bits per heavy atom. The lowest BCUT2D eigenvalue weighted by atomic mass is 9.74. The van der Waals surface area contributed by atoms with E-state index in [-0.39, 0.29) is 4.90 Å². The summed E-state index contributed by atoms with van der Waals surface area (Å²) < 4.78 is 24.0. The van der Waals surface area contributed by atoms with Gasteiger partial charge in [0.1, 0.15) is 0 Å². The van der Waals surface area contributed by atoms with Crippen LogP contribution in [0.15, 0.2) is 46.4 Å². The van der Waals surface area contributed by atoms with Crippen LogP contribution in [0, 0.1) is 11.8 Å². The molecule has 2 aliphatic carbocycles. The lowest BCUT2D eigenvalue weighted by Gasteiger charge is -2.31. The zero-order chi connectivity index (χ0) is 13.5. The van der Waals surface area contributed by atoms with Gasteiger partial charge in [-0.1, -0.05) is 23.8 Å². The Morgan fingerprint density at radius 1 is 1.26 bits per heavy atom. The molecule has 1 aromatic rings. The molecule has 0 amide bonds. The van der Waals surface area contributed by atoms with Crippen LogP contribution in [-0.4, -0.2) is 14.1 Å². The van der Waals surface area contributed by atoms with E-state index in [1.165, 1.54) is 12.1 Å². The molecule has 0 saturated heterocycles. The van der Waals surface area contributed by atoms with E-state index < -0.39 is 10.0 Å². The lowest BCUT2D eigenvalue weighted by molar-refractivity contribution is 0.463. The topological polar surface area (TPSA) is 58.5 Å². The molecular formula is C13H13ClN2O2S. The fourth-order valence-corrected chi connectivity index (χ4v) is 3.41. The molecule has 0 heterocycles. The van der Waals surface area contributed by atoms with Crippen LogP contribution in [-0.2, 0) is 10.0 Å². The third-order valence-corrected chi connectivity index (χ3v) is 5.07. The van der Waals surface area contributed by atoms with Crippen molar-refractivity contribution >= 4 is 27.3 Å². The lowest BCUT2D eigenvalue weighted by Crippen LogP contribution is -2.35. The van der Waals surface area contributed by atoms with Crippen molar-refractivity contribution in [2.45, 2.75) is 17.7 Å². The quantitative estimate of drug-likeness (QED) is 0.688. The maximum absolute atomic E-state index is 12.0. The smallest absolute Gasteiger partial charge is 0.200 e. The highest BCUT2D eigenvalue weighted by Crippen LogP contribution is 2.40. The van der Waals surface area contributed by atoms with Crippen LogP contribution in [0.3, 0.4) is 0 Å². The van der Waals surface area contributed by atoms with Crippen molar-refractivity contribution in [3.63, 3.8) is 0 Å². The van der Waals surface area contributed by atoms with E-state index in [9.17, 15) is 8.42 Å². The van der Waals surface area contributed by atoms with Gasteiger partial charge < -0.3 is 0 Å². The normalized spacial score (nSPS) is 27.1. The number of rotatable bonds is 3. The molecule has 1 fully saturated rings. The third-order valence-electron chi connectivity index (χ3n) is 3.60. The Bertz CT molecular complexity index is 650. The maximum atomic E-state index is 12.0. The van der Waals surface area contributed by atoms with Gasteiger partial charge in [-0.15, -0.1) is 0 Å². The van der Waals surface area contributed by atoms with Crippen molar-refractivity contribution in [1.29, 1.82) is 0 Å². The number of hydrazone groups is 1. The molecular weight excluding hydrogens is 284 g/mol. The van der Waals surface area contributed by atoms with Crippen molar-refractivity contribution in [2.24, 2.45) is 16.9 Å². The number of hydrogen-bond acceptors (Lipinski definition) is 3. The summed E-state index contributed by atoms with van der Waals surface area (Å²) in [5, 5.41) is 4.55. The molecule has 0 spiro atoms. The molecule has 1 N–H and O–H groups in total. The Balaban J connectivity index is 1.72. The monoisotopic (exact) mass is 296 g/mol. The third kappa shape index (κ3) is 2.40. The van der Waals surface area contributed by atoms with Gasteiger partial charge in [-0.05, 0) is 43.0 Å². The Kier molecular flexibility index (Phi) is 3.11. The highest BCUT2D eigenvalue weighted by molar-refractivity contribution is 7.89. The van der Waals surface area contributed by atoms with Gasteiger partial charge in [0.05, 0.1) is 4.90 Å². The van der Waals surface area contributed by atoms with Gasteiger partial charge in [0, 0.05) is 16.7 Å². The minimum atomic E-state index is -3.59. The first-order chi connectivity index (χ1) is 9.06. The molecule has 1 aromatic carbocycles. The summed E-state index contributed by atoms with van der Waals surface area (Å²) in [6, 6.07) is 6.02. The average molecular weight is 297 g/mol. The molecule has 2 aliphatic rings. The predicted octanol–water partition coefficient (Wildman–Crippen LogP) is 2.57. The molecule has 0 radical (unpaired) electrons. The second-order valence-electron chi connectivity index (χ2n) is 4.79. The summed E-state index contributed by atoms with van der Waals surface area (Å²) in [5.41, 5.74) is 0.938. The van der Waals surface area contributed by atoms with E-state index in [2.05, 4.69) is 22.1 Å². The molecule has 0 unspecified atom stereocenters.